The molecule has 0 fully saturated rings. The second kappa shape index (κ2) is 10.5. The lowest BCUT2D eigenvalue weighted by Crippen LogP contribution is -2.48. The van der Waals surface area contributed by atoms with Crippen LogP contribution in [-0.4, -0.2) is 41.4 Å². The van der Waals surface area contributed by atoms with Crippen molar-refractivity contribution in [1.82, 2.24) is 15.2 Å². The first-order chi connectivity index (χ1) is 16.4. The highest BCUT2D eigenvalue weighted by Gasteiger charge is 2.26. The van der Waals surface area contributed by atoms with E-state index in [9.17, 15) is 18.4 Å². The number of amides is 2. The first-order valence-corrected chi connectivity index (χ1v) is 11.5. The molecule has 2 amide bonds. The highest BCUT2D eigenvalue weighted by atomic mass is 32.1. The number of para-hydroxylation sites is 1. The number of aromatic amines is 1. The molecule has 2 N–H and O–H groups in total. The number of aromatic nitrogens is 1. The quantitative estimate of drug-likeness (QED) is 0.358. The van der Waals surface area contributed by atoms with Gasteiger partial charge in [-0.15, -0.1) is 11.3 Å². The molecule has 0 aliphatic heterocycles. The lowest BCUT2D eigenvalue weighted by atomic mass is 10.0. The molecule has 6 nitrogen and oxygen atoms in total. The van der Waals surface area contributed by atoms with Crippen LogP contribution in [0.3, 0.4) is 0 Å². The number of benzene rings is 2. The third-order valence-corrected chi connectivity index (χ3v) is 6.26. The molecule has 0 radical (unpaired) electrons. The van der Waals surface area contributed by atoms with Gasteiger partial charge < -0.3 is 19.9 Å². The molecule has 4 aromatic rings. The van der Waals surface area contributed by atoms with Gasteiger partial charge >= 0.3 is 6.61 Å². The summed E-state index contributed by atoms with van der Waals surface area (Å²) in [6.45, 7) is -2.65. The Kier molecular flexibility index (Phi) is 7.22. The summed E-state index contributed by atoms with van der Waals surface area (Å²) in [6, 6.07) is 16.6. The second-order valence-electron chi connectivity index (χ2n) is 7.78. The Hall–Kier alpha value is -3.72. The van der Waals surface area contributed by atoms with Gasteiger partial charge in [0.15, 0.2) is 0 Å². The highest BCUT2D eigenvalue weighted by Crippen LogP contribution is 2.21. The van der Waals surface area contributed by atoms with Gasteiger partial charge in [0, 0.05) is 37.1 Å². The first kappa shape index (κ1) is 23.4. The molecular weight excluding hydrogens is 460 g/mol. The van der Waals surface area contributed by atoms with Crippen molar-refractivity contribution in [3.8, 4) is 5.75 Å². The van der Waals surface area contributed by atoms with Gasteiger partial charge in [0.25, 0.3) is 5.91 Å². The topological polar surface area (TPSA) is 74.4 Å². The zero-order valence-corrected chi connectivity index (χ0v) is 19.1. The lowest BCUT2D eigenvalue weighted by Gasteiger charge is -2.25. The van der Waals surface area contributed by atoms with Gasteiger partial charge in [0.2, 0.25) is 5.91 Å². The lowest BCUT2D eigenvalue weighted by molar-refractivity contribution is -0.132. The molecule has 2 aromatic heterocycles. The van der Waals surface area contributed by atoms with Crippen LogP contribution in [0.15, 0.2) is 72.2 Å². The zero-order chi connectivity index (χ0) is 24.1. The molecule has 4 rings (SSSR count). The summed E-state index contributed by atoms with van der Waals surface area (Å²) in [5.74, 6) is -0.522. The van der Waals surface area contributed by atoms with Crippen LogP contribution in [0.5, 0.6) is 5.75 Å². The summed E-state index contributed by atoms with van der Waals surface area (Å²) >= 11 is 1.30. The number of carbonyl (C=O) groups excluding carboxylic acids is 2. The minimum absolute atomic E-state index is 0.0492. The fourth-order valence-corrected chi connectivity index (χ4v) is 4.38. The largest absolute Gasteiger partial charge is 0.435 e. The van der Waals surface area contributed by atoms with Crippen molar-refractivity contribution >= 4 is 34.1 Å². The molecule has 0 aliphatic carbocycles. The molecule has 34 heavy (non-hydrogen) atoms. The number of alkyl halides is 2. The van der Waals surface area contributed by atoms with E-state index in [4.69, 9.17) is 0 Å². The minimum atomic E-state index is -2.90. The summed E-state index contributed by atoms with van der Waals surface area (Å²) in [5, 5.41) is 5.68. The maximum absolute atomic E-state index is 13.4. The van der Waals surface area contributed by atoms with Crippen LogP contribution in [0, 0.1) is 0 Å². The number of rotatable bonds is 9. The van der Waals surface area contributed by atoms with Crippen LogP contribution in [0.1, 0.15) is 20.8 Å². The van der Waals surface area contributed by atoms with Crippen molar-refractivity contribution in [3.05, 3.63) is 88.2 Å². The third-order valence-electron chi connectivity index (χ3n) is 5.39. The van der Waals surface area contributed by atoms with Gasteiger partial charge in [-0.3, -0.25) is 9.59 Å². The number of hydrogen-bond donors (Lipinski definition) is 2. The van der Waals surface area contributed by atoms with E-state index in [0.717, 1.165) is 22.0 Å². The molecule has 176 valence electrons. The Bertz CT molecular complexity index is 1260. The molecular formula is C25H23F2N3O3S. The highest BCUT2D eigenvalue weighted by molar-refractivity contribution is 7.12. The van der Waals surface area contributed by atoms with Gasteiger partial charge in [-0.05, 0) is 40.8 Å². The summed E-state index contributed by atoms with van der Waals surface area (Å²) < 4.78 is 29.1. The predicted octanol–water partition coefficient (Wildman–Crippen LogP) is 4.83. The molecule has 9 heteroatoms. The Balaban J connectivity index is 1.52. The summed E-state index contributed by atoms with van der Waals surface area (Å²) in [5.41, 5.74) is 2.61. The molecule has 0 aliphatic rings. The number of thiophene rings is 1. The van der Waals surface area contributed by atoms with Crippen molar-refractivity contribution in [2.45, 2.75) is 25.6 Å². The number of halogens is 2. The Labute approximate surface area is 199 Å². The van der Waals surface area contributed by atoms with Crippen molar-refractivity contribution < 1.29 is 23.1 Å². The summed E-state index contributed by atoms with van der Waals surface area (Å²) in [6.07, 6.45) is 2.16. The Morgan fingerprint density at radius 1 is 1.09 bits per heavy atom. The maximum Gasteiger partial charge on any atom is 0.387 e. The molecule has 0 saturated carbocycles. The molecule has 1 atom stereocenters. The van der Waals surface area contributed by atoms with E-state index in [2.05, 4.69) is 15.0 Å². The average molecular weight is 484 g/mol. The van der Waals surface area contributed by atoms with Crippen LogP contribution in [0.25, 0.3) is 10.9 Å². The molecule has 2 heterocycles. The molecule has 0 spiro atoms. The van der Waals surface area contributed by atoms with Crippen LogP contribution in [-0.2, 0) is 17.8 Å². The molecule has 2 aromatic carbocycles. The van der Waals surface area contributed by atoms with E-state index >= 15 is 0 Å². The molecule has 0 unspecified atom stereocenters. The van der Waals surface area contributed by atoms with Gasteiger partial charge in [0.05, 0.1) is 4.88 Å². The van der Waals surface area contributed by atoms with Crippen LogP contribution >= 0.6 is 11.3 Å². The average Bonchev–Trinajstić information content (AvgIpc) is 3.50. The molecule has 0 bridgehead atoms. The smallest absolute Gasteiger partial charge is 0.387 e. The van der Waals surface area contributed by atoms with Gasteiger partial charge in [-0.2, -0.15) is 8.78 Å². The van der Waals surface area contributed by atoms with Crippen LogP contribution in [0.4, 0.5) is 8.78 Å². The number of ether oxygens (including phenoxy) is 1. The number of nitrogens with one attached hydrogen (secondary N) is 2. The Morgan fingerprint density at radius 3 is 2.56 bits per heavy atom. The number of H-pyrrole nitrogens is 1. The number of likely N-dealkylation sites (N-methyl/N-ethyl adjacent to an activating group) is 1. The van der Waals surface area contributed by atoms with Crippen LogP contribution in [0.2, 0.25) is 0 Å². The minimum Gasteiger partial charge on any atom is -0.435 e. The normalized spacial score (nSPS) is 12.0. The molecule has 0 saturated heterocycles. The van der Waals surface area contributed by atoms with Gasteiger partial charge in [-0.1, -0.05) is 36.4 Å². The van der Waals surface area contributed by atoms with Crippen molar-refractivity contribution in [2.24, 2.45) is 0 Å². The van der Waals surface area contributed by atoms with E-state index < -0.39 is 12.7 Å². The second-order valence-corrected chi connectivity index (χ2v) is 8.73. The van der Waals surface area contributed by atoms with E-state index in [0.29, 0.717) is 11.3 Å². The summed E-state index contributed by atoms with van der Waals surface area (Å²) in [4.78, 5) is 31.4. The monoisotopic (exact) mass is 483 g/mol. The first-order valence-electron chi connectivity index (χ1n) is 10.6. The van der Waals surface area contributed by atoms with E-state index in [1.807, 2.05) is 30.5 Å². The predicted molar refractivity (Wildman–Crippen MR) is 127 cm³/mol. The number of hydrogen-bond acceptors (Lipinski definition) is 4. The Morgan fingerprint density at radius 2 is 1.85 bits per heavy atom. The van der Waals surface area contributed by atoms with E-state index in [-0.39, 0.29) is 24.1 Å². The fourth-order valence-electron chi connectivity index (χ4n) is 3.75. The van der Waals surface area contributed by atoms with Gasteiger partial charge in [0.1, 0.15) is 11.8 Å². The maximum atomic E-state index is 13.4. The van der Waals surface area contributed by atoms with E-state index in [1.165, 1.54) is 28.4 Å². The SMILES string of the molecule is CN(Cc1ccc(OC(F)F)cc1)C(=O)[C@H](Cc1c[nH]c2ccccc12)NC(=O)c1cccs1. The fraction of sp³-hybridized carbons (Fsp3) is 0.200. The number of carbonyl (C=O) groups is 2. The van der Waals surface area contributed by atoms with Crippen molar-refractivity contribution in [2.75, 3.05) is 7.05 Å². The van der Waals surface area contributed by atoms with Gasteiger partial charge in [-0.25, -0.2) is 0 Å². The standard InChI is InChI=1S/C25H23F2N3O3S/c1-30(15-16-8-10-18(11-9-16)33-25(26)27)24(32)21(29-23(31)22-7-4-12-34-22)13-17-14-28-20-6-3-2-5-19(17)20/h2-12,14,21,25,28H,13,15H2,1H3,(H,29,31)/t21-/m0/s1. The number of fused-ring (bicyclic) bond motifs is 1. The van der Waals surface area contributed by atoms with Crippen molar-refractivity contribution in [3.63, 3.8) is 0 Å². The number of nitrogens with zero attached hydrogens (tertiary/aromatic N) is 1. The third kappa shape index (κ3) is 5.60. The van der Waals surface area contributed by atoms with Crippen LogP contribution < -0.4 is 10.1 Å². The zero-order valence-electron chi connectivity index (χ0n) is 18.3. The van der Waals surface area contributed by atoms with E-state index in [1.54, 1.807) is 36.7 Å². The summed E-state index contributed by atoms with van der Waals surface area (Å²) in [7, 11) is 1.64. The van der Waals surface area contributed by atoms with Crippen molar-refractivity contribution in [1.29, 1.82) is 0 Å².